The van der Waals surface area contributed by atoms with Gasteiger partial charge in [-0.15, -0.1) is 0 Å². The zero-order chi connectivity index (χ0) is 26.2. The van der Waals surface area contributed by atoms with E-state index in [0.29, 0.717) is 55.7 Å². The zero-order valence-electron chi connectivity index (χ0n) is 19.9. The molecule has 12 N–H and O–H groups in total. The van der Waals surface area contributed by atoms with Crippen LogP contribution in [0.2, 0.25) is 0 Å². The number of H-pyrrole nitrogens is 4. The highest BCUT2D eigenvalue weighted by molar-refractivity contribution is 5.78. The minimum atomic E-state index is 0.255. The minimum Gasteiger partial charge on any atom is -0.409 e. The third-order valence-electron chi connectivity index (χ3n) is 6.37. The normalized spacial score (nSPS) is 13.1. The van der Waals surface area contributed by atoms with Gasteiger partial charge in [0.05, 0.1) is 33.1 Å². The number of rotatable bonds is 5. The summed E-state index contributed by atoms with van der Waals surface area (Å²) in [6, 6.07) is 22.5. The Labute approximate surface area is 214 Å². The SMILES string of the molecule is NOC1=c2ccc([nH]2)=C(ON)c2ccc([nH]2)C(ON)=c2[nH]c(cc2ON)=C(c2ccccc2)c2ccc1[nH]2. The van der Waals surface area contributed by atoms with E-state index in [2.05, 4.69) is 19.9 Å². The summed E-state index contributed by atoms with van der Waals surface area (Å²) in [5, 5.41) is 2.28. The molecule has 0 radical (unpaired) electrons. The molecule has 38 heavy (non-hydrogen) atoms. The summed E-state index contributed by atoms with van der Waals surface area (Å²) >= 11 is 0. The predicted octanol–water partition coefficient (Wildman–Crippen LogP) is -1.05. The summed E-state index contributed by atoms with van der Waals surface area (Å²) in [5.41, 5.74) is 4.22. The average Bonchev–Trinajstić information content (AvgIpc) is 3.75. The molecule has 12 nitrogen and oxygen atoms in total. The monoisotopic (exact) mass is 512 g/mol. The van der Waals surface area contributed by atoms with Crippen molar-refractivity contribution >= 4 is 22.9 Å². The molecule has 1 aromatic carbocycles. The number of nitrogens with one attached hydrogen (secondary N) is 4. The molecule has 8 bridgehead atoms. The van der Waals surface area contributed by atoms with Crippen molar-refractivity contribution in [3.8, 4) is 5.75 Å². The second kappa shape index (κ2) is 9.38. The highest BCUT2D eigenvalue weighted by atomic mass is 16.6. The lowest BCUT2D eigenvalue weighted by Gasteiger charge is -2.07. The van der Waals surface area contributed by atoms with Gasteiger partial charge in [-0.2, -0.15) is 23.6 Å². The van der Waals surface area contributed by atoms with Crippen LogP contribution in [0.15, 0.2) is 72.8 Å². The van der Waals surface area contributed by atoms with Gasteiger partial charge >= 0.3 is 0 Å². The van der Waals surface area contributed by atoms with Gasteiger partial charge in [-0.25, -0.2) is 0 Å². The summed E-state index contributed by atoms with van der Waals surface area (Å²) in [6.45, 7) is 0. The van der Waals surface area contributed by atoms with Crippen molar-refractivity contribution in [3.05, 3.63) is 123 Å². The number of fused-ring (bicyclic) bond motifs is 8. The Morgan fingerprint density at radius 2 is 1.03 bits per heavy atom. The summed E-state index contributed by atoms with van der Waals surface area (Å²) < 4.78 is 0. The van der Waals surface area contributed by atoms with Crippen LogP contribution < -0.4 is 49.8 Å². The van der Waals surface area contributed by atoms with Crippen LogP contribution in [0, 0.1) is 0 Å². The molecule has 1 aliphatic heterocycles. The van der Waals surface area contributed by atoms with E-state index in [1.165, 1.54) is 0 Å². The fraction of sp³-hybridized carbons (Fsp3) is 0. The summed E-state index contributed by atoms with van der Waals surface area (Å²) in [7, 11) is 0. The molecule has 0 fully saturated rings. The number of benzene rings is 1. The van der Waals surface area contributed by atoms with Gasteiger partial charge in [-0.3, -0.25) is 0 Å². The van der Waals surface area contributed by atoms with Crippen LogP contribution >= 0.6 is 0 Å². The third-order valence-corrected chi connectivity index (χ3v) is 6.37. The van der Waals surface area contributed by atoms with Crippen LogP contribution in [0.3, 0.4) is 0 Å². The van der Waals surface area contributed by atoms with E-state index in [0.717, 1.165) is 16.8 Å². The Hall–Kier alpha value is -5.14. The van der Waals surface area contributed by atoms with Crippen molar-refractivity contribution in [2.24, 2.45) is 23.6 Å². The number of aromatic amines is 4. The Balaban J connectivity index is 1.79. The molecule has 0 amide bonds. The van der Waals surface area contributed by atoms with Crippen LogP contribution in [0.4, 0.5) is 0 Å². The number of nitrogens with two attached hydrogens (primary N) is 4. The molecule has 5 aromatic rings. The Kier molecular flexibility index (Phi) is 5.75. The first-order chi connectivity index (χ1) is 18.6. The number of hydrogen-bond donors (Lipinski definition) is 8. The van der Waals surface area contributed by atoms with Crippen molar-refractivity contribution in [1.82, 2.24) is 19.9 Å². The van der Waals surface area contributed by atoms with Crippen LogP contribution in [0.5, 0.6) is 5.75 Å². The average molecular weight is 513 g/mol. The van der Waals surface area contributed by atoms with Gasteiger partial charge in [0.1, 0.15) is 5.35 Å². The third kappa shape index (κ3) is 3.73. The van der Waals surface area contributed by atoms with Gasteiger partial charge in [0.2, 0.25) is 0 Å². The zero-order valence-corrected chi connectivity index (χ0v) is 19.9. The van der Waals surface area contributed by atoms with Gasteiger partial charge in [0.15, 0.2) is 23.0 Å². The molecule has 0 atom stereocenters. The highest BCUT2D eigenvalue weighted by Crippen LogP contribution is 2.23. The molecule has 4 aromatic heterocycles. The van der Waals surface area contributed by atoms with Crippen LogP contribution in [0.25, 0.3) is 22.9 Å². The molecule has 0 aliphatic carbocycles. The Morgan fingerprint density at radius 1 is 0.474 bits per heavy atom. The summed E-state index contributed by atoms with van der Waals surface area (Å²) in [5.74, 6) is 24.1. The van der Waals surface area contributed by atoms with E-state index in [-0.39, 0.29) is 5.76 Å². The van der Waals surface area contributed by atoms with Crippen LogP contribution in [0.1, 0.15) is 28.3 Å². The fourth-order valence-electron chi connectivity index (χ4n) is 4.69. The van der Waals surface area contributed by atoms with Crippen LogP contribution in [-0.4, -0.2) is 19.9 Å². The first-order valence-corrected chi connectivity index (χ1v) is 11.5. The number of aromatic nitrogens is 4. The molecule has 0 unspecified atom stereocenters. The smallest absolute Gasteiger partial charge is 0.197 e. The maximum absolute atomic E-state index is 5.74. The topological polar surface area (TPSA) is 204 Å². The van der Waals surface area contributed by atoms with E-state index in [9.17, 15) is 0 Å². The second-order valence-electron chi connectivity index (χ2n) is 8.48. The highest BCUT2D eigenvalue weighted by Gasteiger charge is 2.19. The molecule has 1 aliphatic rings. The predicted molar refractivity (Wildman–Crippen MR) is 138 cm³/mol. The van der Waals surface area contributed by atoms with Crippen LogP contribution in [-0.2, 0) is 14.5 Å². The molecule has 12 heteroatoms. The Morgan fingerprint density at radius 3 is 1.61 bits per heavy atom. The Bertz CT molecular complexity index is 1880. The first-order valence-electron chi connectivity index (χ1n) is 11.5. The standard InChI is InChI=1S/C26H24N8O4/c27-35-21-12-20-22(13-4-2-1-3-5-13)14-6-7-15(31-14)24(36-28)16-8-9-17(32-16)25(37-29)18-10-11-19(33-18)26(38-30)23(21)34-20/h1-12,31-34H,27-30H2. The lowest BCUT2D eigenvalue weighted by Crippen LogP contribution is -2.22. The largest absolute Gasteiger partial charge is 0.409 e. The molecule has 0 spiro atoms. The van der Waals surface area contributed by atoms with Gasteiger partial charge in [-0.1, -0.05) is 30.3 Å². The molecule has 0 saturated heterocycles. The minimum absolute atomic E-state index is 0.255. The van der Waals surface area contributed by atoms with Gasteiger partial charge < -0.3 is 39.3 Å². The van der Waals surface area contributed by atoms with Gasteiger partial charge in [0.25, 0.3) is 0 Å². The maximum atomic E-state index is 5.74. The molecule has 192 valence electrons. The second-order valence-corrected chi connectivity index (χ2v) is 8.48. The summed E-state index contributed by atoms with van der Waals surface area (Å²) in [6.07, 6.45) is 0. The fourth-order valence-corrected chi connectivity index (χ4v) is 4.69. The van der Waals surface area contributed by atoms with Crippen molar-refractivity contribution in [2.75, 3.05) is 0 Å². The van der Waals surface area contributed by atoms with Crippen molar-refractivity contribution < 1.29 is 19.4 Å². The van der Waals surface area contributed by atoms with E-state index in [4.69, 9.17) is 42.9 Å². The van der Waals surface area contributed by atoms with Crippen molar-refractivity contribution in [1.29, 1.82) is 0 Å². The lowest BCUT2D eigenvalue weighted by atomic mass is 10.0. The number of hydrogen-bond acceptors (Lipinski definition) is 8. The molecular weight excluding hydrogens is 488 g/mol. The molecular formula is C26H24N8O4. The quantitative estimate of drug-likeness (QED) is 0.136. The molecule has 0 saturated carbocycles. The van der Waals surface area contributed by atoms with E-state index in [1.54, 1.807) is 24.3 Å². The summed E-state index contributed by atoms with van der Waals surface area (Å²) in [4.78, 5) is 34.3. The van der Waals surface area contributed by atoms with Crippen molar-refractivity contribution in [3.63, 3.8) is 0 Å². The van der Waals surface area contributed by atoms with E-state index < -0.39 is 0 Å². The van der Waals surface area contributed by atoms with Gasteiger partial charge in [0, 0.05) is 17.3 Å². The molecule has 5 heterocycles. The molecule has 6 rings (SSSR count). The van der Waals surface area contributed by atoms with E-state index in [1.807, 2.05) is 48.5 Å². The van der Waals surface area contributed by atoms with E-state index >= 15 is 0 Å². The lowest BCUT2D eigenvalue weighted by molar-refractivity contribution is 0.281. The first kappa shape index (κ1) is 23.3. The van der Waals surface area contributed by atoms with Gasteiger partial charge in [-0.05, 0) is 42.0 Å². The van der Waals surface area contributed by atoms with Crippen molar-refractivity contribution in [2.45, 2.75) is 0 Å². The maximum Gasteiger partial charge on any atom is 0.197 e.